The summed E-state index contributed by atoms with van der Waals surface area (Å²) in [4.78, 5) is 48.6. The third-order valence-corrected chi connectivity index (χ3v) is 4.43. The third kappa shape index (κ3) is 7.58. The van der Waals surface area contributed by atoms with Gasteiger partial charge in [0.05, 0.1) is 24.4 Å². The van der Waals surface area contributed by atoms with Gasteiger partial charge in [-0.3, -0.25) is 4.57 Å². The molecule has 0 saturated carbocycles. The summed E-state index contributed by atoms with van der Waals surface area (Å²) in [6.07, 6.45) is 0. The lowest BCUT2D eigenvalue weighted by molar-refractivity contribution is -0.135. The summed E-state index contributed by atoms with van der Waals surface area (Å²) in [6, 6.07) is 0. The average Bonchev–Trinajstić information content (AvgIpc) is 2.39. The lowest BCUT2D eigenvalue weighted by Crippen LogP contribution is -2.31. The van der Waals surface area contributed by atoms with Crippen molar-refractivity contribution < 1.29 is 53.1 Å². The molecule has 0 aromatic carbocycles. The van der Waals surface area contributed by atoms with Crippen molar-refractivity contribution in [3.63, 3.8) is 0 Å². The number of rotatable bonds is 11. The molecule has 0 aliphatic rings. The van der Waals surface area contributed by atoms with E-state index in [4.69, 9.17) is 19.8 Å². The molecule has 0 aliphatic heterocycles. The molecule has 0 bridgehead atoms. The Morgan fingerprint density at radius 2 is 1.43 bits per heavy atom. The number of aliphatic carboxylic acids is 2. The highest BCUT2D eigenvalue weighted by Gasteiger charge is 2.50. The summed E-state index contributed by atoms with van der Waals surface area (Å²) in [5.74, 6) is -7.39. The minimum Gasteiger partial charge on any atom is -0.478 e. The molecule has 130 valence electrons. The van der Waals surface area contributed by atoms with Gasteiger partial charge in [-0.25, -0.2) is 9.59 Å². The van der Waals surface area contributed by atoms with Crippen LogP contribution in [0.5, 0.6) is 0 Å². The van der Waals surface area contributed by atoms with Crippen LogP contribution >= 0.6 is 15.6 Å². The molecule has 0 aliphatic carbocycles. The van der Waals surface area contributed by atoms with Crippen molar-refractivity contribution in [1.29, 1.82) is 0 Å². The van der Waals surface area contributed by atoms with E-state index in [-0.39, 0.29) is 0 Å². The summed E-state index contributed by atoms with van der Waals surface area (Å²) in [5, 5.41) is 17.2. The topological polar surface area (TPSA) is 188 Å². The molecule has 0 spiro atoms. The standard InChI is InChI=1S/C10H14O11P2/c1-5(7(11)12)3-20-9(22(15)16)10(23(17,18)19)21-4-6(2)8(13)14/h9-10H,1-4H2,(H4-,11,12,13,14,15,16,17,18,19)/p+1. The Bertz CT molecular complexity index is 563. The zero-order valence-corrected chi connectivity index (χ0v) is 13.4. The van der Waals surface area contributed by atoms with Crippen LogP contribution in [0.25, 0.3) is 0 Å². The molecule has 5 N–H and O–H groups in total. The Hall–Kier alpha value is -1.45. The Morgan fingerprint density at radius 1 is 1.04 bits per heavy atom. The summed E-state index contributed by atoms with van der Waals surface area (Å²) >= 11 is 0. The lowest BCUT2D eigenvalue weighted by Gasteiger charge is -2.20. The van der Waals surface area contributed by atoms with Gasteiger partial charge in [0.25, 0.3) is 0 Å². The second-order valence-corrected chi connectivity index (χ2v) is 6.91. The second-order valence-electron chi connectivity index (χ2n) is 4.11. The minimum atomic E-state index is -5.16. The maximum Gasteiger partial charge on any atom is 0.541 e. The summed E-state index contributed by atoms with van der Waals surface area (Å²) in [5.41, 5.74) is -1.10. The van der Waals surface area contributed by atoms with Gasteiger partial charge in [-0.15, -0.1) is 0 Å². The maximum atomic E-state index is 11.4. The van der Waals surface area contributed by atoms with Gasteiger partial charge >= 0.3 is 33.4 Å². The highest BCUT2D eigenvalue weighted by atomic mass is 31.2. The number of hydrogen-bond acceptors (Lipinski definition) is 6. The van der Waals surface area contributed by atoms with Crippen molar-refractivity contribution in [2.75, 3.05) is 13.2 Å². The molecule has 0 aromatic heterocycles. The van der Waals surface area contributed by atoms with E-state index in [1.807, 2.05) is 0 Å². The first-order chi connectivity index (χ1) is 10.4. The van der Waals surface area contributed by atoms with Crippen LogP contribution < -0.4 is 0 Å². The van der Waals surface area contributed by atoms with Crippen LogP contribution in [0, 0.1) is 0 Å². The number of ether oxygens (including phenoxy) is 2. The second kappa shape index (κ2) is 8.99. The van der Waals surface area contributed by atoms with Crippen molar-refractivity contribution in [3.05, 3.63) is 24.3 Å². The predicted molar refractivity (Wildman–Crippen MR) is 74.9 cm³/mol. The van der Waals surface area contributed by atoms with Crippen molar-refractivity contribution in [2.45, 2.75) is 11.7 Å². The van der Waals surface area contributed by atoms with Crippen LogP contribution in [0.4, 0.5) is 0 Å². The average molecular weight is 373 g/mol. The van der Waals surface area contributed by atoms with Gasteiger partial charge in [0.15, 0.2) is 0 Å². The van der Waals surface area contributed by atoms with Gasteiger partial charge in [-0.05, 0) is 4.57 Å². The van der Waals surface area contributed by atoms with Gasteiger partial charge < -0.3 is 29.5 Å². The van der Waals surface area contributed by atoms with E-state index in [2.05, 4.69) is 17.9 Å². The van der Waals surface area contributed by atoms with Crippen molar-refractivity contribution in [2.24, 2.45) is 0 Å². The number of carboxylic acid groups (broad SMARTS) is 2. The number of hydrogen-bond donors (Lipinski definition) is 5. The van der Waals surface area contributed by atoms with E-state index in [0.29, 0.717) is 0 Å². The lowest BCUT2D eigenvalue weighted by atomic mass is 10.3. The molecular formula is C10H15O11P2+. The van der Waals surface area contributed by atoms with Crippen LogP contribution in [0.15, 0.2) is 24.3 Å². The molecule has 0 heterocycles. The molecule has 0 saturated heterocycles. The number of carboxylic acids is 2. The fourth-order valence-electron chi connectivity index (χ4n) is 1.10. The van der Waals surface area contributed by atoms with Gasteiger partial charge in [0.1, 0.15) is 0 Å². The smallest absolute Gasteiger partial charge is 0.478 e. The zero-order chi connectivity index (χ0) is 18.4. The number of carbonyl (C=O) groups is 2. The van der Waals surface area contributed by atoms with Crippen LogP contribution in [0.3, 0.4) is 0 Å². The molecule has 0 rings (SSSR count). The molecule has 3 atom stereocenters. The molecule has 11 nitrogen and oxygen atoms in total. The van der Waals surface area contributed by atoms with Crippen LogP contribution in [-0.2, 0) is 28.2 Å². The van der Waals surface area contributed by atoms with Gasteiger partial charge in [0, 0.05) is 0 Å². The van der Waals surface area contributed by atoms with E-state index in [1.54, 1.807) is 0 Å². The van der Waals surface area contributed by atoms with E-state index in [0.717, 1.165) is 0 Å². The Labute approximate surface area is 130 Å². The summed E-state index contributed by atoms with van der Waals surface area (Å²) < 4.78 is 32.0. The summed E-state index contributed by atoms with van der Waals surface area (Å²) in [6.45, 7) is 4.48. The molecule has 3 unspecified atom stereocenters. The van der Waals surface area contributed by atoms with Crippen molar-refractivity contribution >= 4 is 27.6 Å². The molecule has 0 aromatic rings. The largest absolute Gasteiger partial charge is 0.541 e. The van der Waals surface area contributed by atoms with Gasteiger partial charge in [-0.2, -0.15) is 4.89 Å². The third-order valence-electron chi connectivity index (χ3n) is 2.25. The van der Waals surface area contributed by atoms with Crippen molar-refractivity contribution in [1.82, 2.24) is 0 Å². The van der Waals surface area contributed by atoms with Crippen LogP contribution in [0.1, 0.15) is 0 Å². The van der Waals surface area contributed by atoms with Crippen molar-refractivity contribution in [3.8, 4) is 0 Å². The van der Waals surface area contributed by atoms with E-state index in [9.17, 15) is 28.5 Å². The van der Waals surface area contributed by atoms with E-state index in [1.165, 1.54) is 0 Å². The van der Waals surface area contributed by atoms with Gasteiger partial charge in [-0.1, -0.05) is 13.2 Å². The first kappa shape index (κ1) is 21.6. The summed E-state index contributed by atoms with van der Waals surface area (Å²) in [7, 11) is -8.52. The Morgan fingerprint density at radius 3 is 1.74 bits per heavy atom. The van der Waals surface area contributed by atoms with Crippen LogP contribution in [-0.4, -0.2) is 61.7 Å². The first-order valence-electron chi connectivity index (χ1n) is 5.63. The Balaban J connectivity index is 5.21. The molecule has 23 heavy (non-hydrogen) atoms. The Kier molecular flexibility index (Phi) is 8.43. The molecular weight excluding hydrogens is 358 g/mol. The molecule has 0 fully saturated rings. The molecule has 13 heteroatoms. The molecule has 0 amide bonds. The highest BCUT2D eigenvalue weighted by Crippen LogP contribution is 2.49. The van der Waals surface area contributed by atoms with Gasteiger partial charge in [0.2, 0.25) is 5.85 Å². The quantitative estimate of drug-likeness (QED) is 0.240. The van der Waals surface area contributed by atoms with E-state index >= 15 is 0 Å². The normalized spacial score (nSPS) is 14.7. The highest BCUT2D eigenvalue weighted by molar-refractivity contribution is 7.53. The van der Waals surface area contributed by atoms with E-state index < -0.39 is 63.6 Å². The molecule has 0 radical (unpaired) electrons. The first-order valence-corrected chi connectivity index (χ1v) is 8.60. The fourth-order valence-corrected chi connectivity index (χ4v) is 3.15. The minimum absolute atomic E-state index is 0.536. The predicted octanol–water partition coefficient (Wildman–Crippen LogP) is -0.134. The SMILES string of the molecule is C=C(COC(C(OCC(=C)C(=O)O)P(=O)(O)O)[P+](=O)O)C(=O)O. The van der Waals surface area contributed by atoms with Crippen LogP contribution in [0.2, 0.25) is 0 Å². The zero-order valence-electron chi connectivity index (χ0n) is 11.6. The maximum absolute atomic E-state index is 11.4. The fraction of sp³-hybridized carbons (Fsp3) is 0.400. The monoisotopic (exact) mass is 373 g/mol.